The first-order valence-electron chi connectivity index (χ1n) is 8.85. The summed E-state index contributed by atoms with van der Waals surface area (Å²) >= 11 is 6.25. The largest absolute Gasteiger partial charge is 0.355 e. The van der Waals surface area contributed by atoms with Crippen LogP contribution in [0.5, 0.6) is 0 Å². The van der Waals surface area contributed by atoms with Crippen molar-refractivity contribution in [3.63, 3.8) is 0 Å². The predicted molar refractivity (Wildman–Crippen MR) is 96.6 cm³/mol. The van der Waals surface area contributed by atoms with Gasteiger partial charge in [-0.05, 0) is 50.4 Å². The van der Waals surface area contributed by atoms with Gasteiger partial charge in [0.05, 0.1) is 5.92 Å². The minimum absolute atomic E-state index is 0.0327. The van der Waals surface area contributed by atoms with Crippen molar-refractivity contribution < 1.29 is 4.79 Å². The number of hydrazine groups is 1. The molecule has 1 aromatic rings. The molecule has 24 heavy (non-hydrogen) atoms. The first-order valence-corrected chi connectivity index (χ1v) is 9.23. The first-order chi connectivity index (χ1) is 11.6. The molecule has 3 N–H and O–H groups in total. The number of piperidine rings is 1. The molecule has 0 radical (unpaired) electrons. The number of nitrogens with zero attached hydrogens (tertiary/aromatic N) is 1. The number of rotatable bonds is 5. The number of carbonyl (C=O) groups is 1. The van der Waals surface area contributed by atoms with E-state index in [4.69, 9.17) is 11.6 Å². The Morgan fingerprint density at radius 2 is 2.08 bits per heavy atom. The standard InChI is InChI=1S/C18H27ClN4O/c1-13-16(11-21-22-13)18(24)20-10-14-6-8-23(9-7-14)12-15-4-2-3-5-17(15)19/h2-5,13-14,16,21-22H,6-12H2,1H3,(H,20,24). The van der Waals surface area contributed by atoms with Crippen LogP contribution in [0.2, 0.25) is 5.02 Å². The van der Waals surface area contributed by atoms with Gasteiger partial charge in [-0.1, -0.05) is 29.8 Å². The van der Waals surface area contributed by atoms with Crippen LogP contribution < -0.4 is 16.2 Å². The molecule has 1 aromatic carbocycles. The van der Waals surface area contributed by atoms with Crippen molar-refractivity contribution in [2.24, 2.45) is 11.8 Å². The summed E-state index contributed by atoms with van der Waals surface area (Å²) < 4.78 is 0. The van der Waals surface area contributed by atoms with E-state index in [9.17, 15) is 4.79 Å². The lowest BCUT2D eigenvalue weighted by atomic mass is 9.95. The number of likely N-dealkylation sites (tertiary alicyclic amines) is 1. The normalized spacial score (nSPS) is 25.8. The minimum Gasteiger partial charge on any atom is -0.355 e. The van der Waals surface area contributed by atoms with Crippen LogP contribution in [0.4, 0.5) is 0 Å². The zero-order valence-electron chi connectivity index (χ0n) is 14.2. The van der Waals surface area contributed by atoms with Gasteiger partial charge >= 0.3 is 0 Å². The van der Waals surface area contributed by atoms with Crippen molar-refractivity contribution >= 4 is 17.5 Å². The molecule has 2 aliphatic heterocycles. The van der Waals surface area contributed by atoms with Crippen LogP contribution >= 0.6 is 11.6 Å². The number of nitrogens with one attached hydrogen (secondary N) is 3. The maximum Gasteiger partial charge on any atom is 0.226 e. The second kappa shape index (κ2) is 8.30. The van der Waals surface area contributed by atoms with Crippen LogP contribution in [0.3, 0.4) is 0 Å². The van der Waals surface area contributed by atoms with Crippen LogP contribution in [0.1, 0.15) is 25.3 Å². The molecular formula is C18H27ClN4O. The van der Waals surface area contributed by atoms with Gasteiger partial charge in [-0.2, -0.15) is 0 Å². The maximum atomic E-state index is 12.2. The van der Waals surface area contributed by atoms with Crippen LogP contribution in [0.15, 0.2) is 24.3 Å². The molecule has 0 aliphatic carbocycles. The average molecular weight is 351 g/mol. The lowest BCUT2D eigenvalue weighted by Gasteiger charge is -2.32. The van der Waals surface area contributed by atoms with Crippen molar-refractivity contribution in [1.82, 2.24) is 21.1 Å². The Morgan fingerprint density at radius 1 is 1.33 bits per heavy atom. The Bertz CT molecular complexity index is 560. The van der Waals surface area contributed by atoms with Gasteiger partial charge in [0.25, 0.3) is 0 Å². The highest BCUT2D eigenvalue weighted by Crippen LogP contribution is 2.22. The molecule has 2 unspecified atom stereocenters. The molecular weight excluding hydrogens is 324 g/mol. The van der Waals surface area contributed by atoms with Gasteiger partial charge in [0.2, 0.25) is 5.91 Å². The van der Waals surface area contributed by atoms with Crippen LogP contribution in [0, 0.1) is 11.8 Å². The van der Waals surface area contributed by atoms with E-state index in [1.165, 1.54) is 5.56 Å². The SMILES string of the molecule is CC1NNCC1C(=O)NCC1CCN(Cc2ccccc2Cl)CC1. The van der Waals surface area contributed by atoms with Gasteiger partial charge in [0.1, 0.15) is 0 Å². The molecule has 2 heterocycles. The van der Waals surface area contributed by atoms with Crippen LogP contribution in [0.25, 0.3) is 0 Å². The van der Waals surface area contributed by atoms with E-state index in [0.717, 1.165) is 44.0 Å². The van der Waals surface area contributed by atoms with E-state index in [1.807, 2.05) is 25.1 Å². The smallest absolute Gasteiger partial charge is 0.226 e. The van der Waals surface area contributed by atoms with Gasteiger partial charge < -0.3 is 5.32 Å². The number of hydrogen-bond donors (Lipinski definition) is 3. The maximum absolute atomic E-state index is 12.2. The Labute approximate surface area is 149 Å². The lowest BCUT2D eigenvalue weighted by molar-refractivity contribution is -0.125. The quantitative estimate of drug-likeness (QED) is 0.757. The molecule has 2 aliphatic rings. The highest BCUT2D eigenvalue weighted by molar-refractivity contribution is 6.31. The van der Waals surface area contributed by atoms with Gasteiger partial charge in [-0.3, -0.25) is 20.5 Å². The summed E-state index contributed by atoms with van der Waals surface area (Å²) in [6.07, 6.45) is 2.25. The summed E-state index contributed by atoms with van der Waals surface area (Å²) in [6.45, 7) is 6.59. The molecule has 0 bridgehead atoms. The number of halogens is 1. The number of benzene rings is 1. The third-order valence-corrected chi connectivity index (χ3v) is 5.58. The van der Waals surface area contributed by atoms with Crippen molar-refractivity contribution in [2.75, 3.05) is 26.2 Å². The van der Waals surface area contributed by atoms with Gasteiger partial charge in [0, 0.05) is 30.7 Å². The Balaban J connectivity index is 1.39. The molecule has 0 saturated carbocycles. The van der Waals surface area contributed by atoms with E-state index in [0.29, 0.717) is 12.5 Å². The average Bonchev–Trinajstić information content (AvgIpc) is 3.02. The van der Waals surface area contributed by atoms with Crippen molar-refractivity contribution in [1.29, 1.82) is 0 Å². The first kappa shape index (κ1) is 17.7. The Kier molecular flexibility index (Phi) is 6.11. The summed E-state index contributed by atoms with van der Waals surface area (Å²) in [5, 5.41) is 3.99. The Morgan fingerprint density at radius 3 is 2.75 bits per heavy atom. The van der Waals surface area contributed by atoms with E-state index in [2.05, 4.69) is 27.1 Å². The molecule has 0 aromatic heterocycles. The molecule has 132 valence electrons. The van der Waals surface area contributed by atoms with Crippen LogP contribution in [-0.2, 0) is 11.3 Å². The van der Waals surface area contributed by atoms with Crippen molar-refractivity contribution in [3.8, 4) is 0 Å². The van der Waals surface area contributed by atoms with E-state index < -0.39 is 0 Å². The summed E-state index contributed by atoms with van der Waals surface area (Å²) in [7, 11) is 0. The summed E-state index contributed by atoms with van der Waals surface area (Å²) in [4.78, 5) is 14.7. The molecule has 1 amide bonds. The summed E-state index contributed by atoms with van der Waals surface area (Å²) in [5.74, 6) is 0.776. The van der Waals surface area contributed by atoms with Gasteiger partial charge in [0.15, 0.2) is 0 Å². The summed E-state index contributed by atoms with van der Waals surface area (Å²) in [6, 6.07) is 8.25. The highest BCUT2D eigenvalue weighted by Gasteiger charge is 2.30. The second-order valence-electron chi connectivity index (χ2n) is 6.98. The molecule has 3 rings (SSSR count). The van der Waals surface area contributed by atoms with Gasteiger partial charge in [-0.15, -0.1) is 0 Å². The zero-order chi connectivity index (χ0) is 16.9. The highest BCUT2D eigenvalue weighted by atomic mass is 35.5. The molecule has 2 fully saturated rings. The third kappa shape index (κ3) is 4.48. The molecule has 6 heteroatoms. The molecule has 0 spiro atoms. The topological polar surface area (TPSA) is 56.4 Å². The number of hydrogen-bond acceptors (Lipinski definition) is 4. The summed E-state index contributed by atoms with van der Waals surface area (Å²) in [5.41, 5.74) is 7.34. The zero-order valence-corrected chi connectivity index (χ0v) is 15.0. The molecule has 2 atom stereocenters. The predicted octanol–water partition coefficient (Wildman–Crippen LogP) is 1.78. The van der Waals surface area contributed by atoms with E-state index in [-0.39, 0.29) is 17.9 Å². The molecule has 2 saturated heterocycles. The van der Waals surface area contributed by atoms with Gasteiger partial charge in [-0.25, -0.2) is 0 Å². The van der Waals surface area contributed by atoms with Crippen molar-refractivity contribution in [3.05, 3.63) is 34.9 Å². The Hall–Kier alpha value is -1.14. The van der Waals surface area contributed by atoms with E-state index in [1.54, 1.807) is 0 Å². The monoisotopic (exact) mass is 350 g/mol. The number of carbonyl (C=O) groups excluding carboxylic acids is 1. The fraction of sp³-hybridized carbons (Fsp3) is 0.611. The third-order valence-electron chi connectivity index (χ3n) is 5.22. The fourth-order valence-corrected chi connectivity index (χ4v) is 3.71. The van der Waals surface area contributed by atoms with Crippen molar-refractivity contribution in [2.45, 2.75) is 32.4 Å². The van der Waals surface area contributed by atoms with Crippen LogP contribution in [-0.4, -0.2) is 43.0 Å². The second-order valence-corrected chi connectivity index (χ2v) is 7.38. The minimum atomic E-state index is 0.0327. The number of amides is 1. The molecule has 5 nitrogen and oxygen atoms in total. The van der Waals surface area contributed by atoms with E-state index >= 15 is 0 Å². The fourth-order valence-electron chi connectivity index (χ4n) is 3.52. The lowest BCUT2D eigenvalue weighted by Crippen LogP contribution is -2.42.